The smallest absolute Gasteiger partial charge is 0.434 e. The number of halogens is 3. The monoisotopic (exact) mass is 602 g/mol. The van der Waals surface area contributed by atoms with Crippen LogP contribution in [0.25, 0.3) is 5.57 Å². The summed E-state index contributed by atoms with van der Waals surface area (Å²) in [6.07, 6.45) is -0.609. The Hall–Kier alpha value is -4.44. The second-order valence-electron chi connectivity index (χ2n) is 10.0. The van der Waals surface area contributed by atoms with Gasteiger partial charge < -0.3 is 24.8 Å². The third-order valence-corrected chi connectivity index (χ3v) is 7.17. The maximum absolute atomic E-state index is 13.0. The number of ether oxygens (including phenoxy) is 3. The SMILES string of the molecule is CCOC(=O)OC1=C(c2cc(C)ccc2C)C(=O)NC12CCC(OC)CC2.N#CCNC(=O)c1cnccc1C(F)(F)F. The Morgan fingerprint density at radius 2 is 1.91 bits per heavy atom. The van der Waals surface area contributed by atoms with Gasteiger partial charge in [-0.1, -0.05) is 23.8 Å². The lowest BCUT2D eigenvalue weighted by Crippen LogP contribution is -2.49. The minimum Gasteiger partial charge on any atom is -0.434 e. The lowest BCUT2D eigenvalue weighted by atomic mass is 9.79. The molecule has 2 aromatic rings. The first kappa shape index (κ1) is 33.1. The fourth-order valence-corrected chi connectivity index (χ4v) is 5.02. The maximum Gasteiger partial charge on any atom is 0.513 e. The van der Waals surface area contributed by atoms with Crippen molar-refractivity contribution in [2.45, 2.75) is 64.3 Å². The number of hydrogen-bond donors (Lipinski definition) is 2. The van der Waals surface area contributed by atoms with Crippen molar-refractivity contribution in [1.82, 2.24) is 15.6 Å². The highest BCUT2D eigenvalue weighted by Crippen LogP contribution is 2.44. The normalized spacial score (nSPS) is 19.6. The van der Waals surface area contributed by atoms with E-state index in [1.807, 2.05) is 37.4 Å². The predicted octanol–water partition coefficient (Wildman–Crippen LogP) is 5.00. The van der Waals surface area contributed by atoms with E-state index < -0.39 is 34.9 Å². The van der Waals surface area contributed by atoms with Crippen LogP contribution in [-0.2, 0) is 25.2 Å². The van der Waals surface area contributed by atoms with Crippen LogP contribution >= 0.6 is 0 Å². The molecule has 1 aromatic carbocycles. The molecule has 2 aliphatic rings. The van der Waals surface area contributed by atoms with Crippen molar-refractivity contribution >= 4 is 23.5 Å². The number of carbonyl (C=O) groups is 3. The molecule has 0 bridgehead atoms. The fourth-order valence-electron chi connectivity index (χ4n) is 5.02. The van der Waals surface area contributed by atoms with Gasteiger partial charge in [0.15, 0.2) is 0 Å². The number of amides is 2. The van der Waals surface area contributed by atoms with E-state index in [9.17, 15) is 27.6 Å². The van der Waals surface area contributed by atoms with Gasteiger partial charge in [-0.3, -0.25) is 14.6 Å². The summed E-state index contributed by atoms with van der Waals surface area (Å²) in [5.74, 6) is -0.796. The van der Waals surface area contributed by atoms with E-state index in [0.717, 1.165) is 41.9 Å². The molecule has 10 nitrogen and oxygen atoms in total. The van der Waals surface area contributed by atoms with Crippen LogP contribution in [0.15, 0.2) is 42.4 Å². The summed E-state index contributed by atoms with van der Waals surface area (Å²) in [4.78, 5) is 39.8. The molecule has 1 saturated carbocycles. The first-order valence-corrected chi connectivity index (χ1v) is 13.6. The summed E-state index contributed by atoms with van der Waals surface area (Å²) >= 11 is 0. The van der Waals surface area contributed by atoms with Gasteiger partial charge in [0.25, 0.3) is 11.8 Å². The van der Waals surface area contributed by atoms with Crippen LogP contribution in [0.4, 0.5) is 18.0 Å². The third kappa shape index (κ3) is 7.90. The summed E-state index contributed by atoms with van der Waals surface area (Å²) in [6, 6.07) is 8.23. The van der Waals surface area contributed by atoms with Gasteiger partial charge in [0.1, 0.15) is 12.3 Å². The Morgan fingerprint density at radius 1 is 1.21 bits per heavy atom. The van der Waals surface area contributed by atoms with Crippen molar-refractivity contribution in [3.05, 3.63) is 70.2 Å². The summed E-state index contributed by atoms with van der Waals surface area (Å²) in [6.45, 7) is 5.50. The standard InChI is InChI=1S/C21H27NO5.C9H6F3N3O/c1-5-26-20(24)27-18-17(16-12-13(2)6-7-14(16)3)19(23)22-21(18)10-8-15(25-4)9-11-21;10-9(11,12)7-1-3-14-5-6(7)8(16)15-4-2-13/h6-7,12,15H,5,8-11H2,1-4H3,(H,22,23);1,3,5H,4H2,(H,15,16). The van der Waals surface area contributed by atoms with Gasteiger partial charge in [0.2, 0.25) is 0 Å². The molecular formula is C30H33F3N4O6. The summed E-state index contributed by atoms with van der Waals surface area (Å²) in [7, 11) is 1.70. The molecule has 13 heteroatoms. The highest BCUT2D eigenvalue weighted by Gasteiger charge is 2.50. The third-order valence-electron chi connectivity index (χ3n) is 7.17. The number of pyridine rings is 1. The topological polar surface area (TPSA) is 140 Å². The number of nitriles is 1. The molecule has 0 atom stereocenters. The zero-order valence-corrected chi connectivity index (χ0v) is 24.3. The molecule has 2 heterocycles. The van der Waals surface area contributed by atoms with Crippen molar-refractivity contribution in [2.75, 3.05) is 20.3 Å². The summed E-state index contributed by atoms with van der Waals surface area (Å²) in [5, 5.41) is 13.3. The lowest BCUT2D eigenvalue weighted by molar-refractivity contribution is -0.138. The van der Waals surface area contributed by atoms with Crippen molar-refractivity contribution in [3.8, 4) is 6.07 Å². The number of hydrogen-bond acceptors (Lipinski definition) is 8. The zero-order chi connectivity index (χ0) is 31.8. The Morgan fingerprint density at radius 3 is 2.51 bits per heavy atom. The molecular weight excluding hydrogens is 569 g/mol. The Bertz CT molecular complexity index is 1430. The van der Waals surface area contributed by atoms with Crippen LogP contribution in [-0.4, -0.2) is 54.9 Å². The maximum atomic E-state index is 13.0. The molecule has 0 radical (unpaired) electrons. The minimum atomic E-state index is -4.62. The molecule has 1 aromatic heterocycles. The number of nitrogens with zero attached hydrogens (tertiary/aromatic N) is 2. The molecule has 1 aliphatic carbocycles. The Kier molecular flexibility index (Phi) is 10.9. The van der Waals surface area contributed by atoms with E-state index in [0.29, 0.717) is 30.2 Å². The van der Waals surface area contributed by atoms with Crippen molar-refractivity contribution < 1.29 is 41.8 Å². The number of methoxy groups -OCH3 is 1. The number of benzene rings is 1. The lowest BCUT2D eigenvalue weighted by Gasteiger charge is -2.37. The zero-order valence-electron chi connectivity index (χ0n) is 24.3. The van der Waals surface area contributed by atoms with Gasteiger partial charge >= 0.3 is 12.3 Å². The van der Waals surface area contributed by atoms with Crippen LogP contribution in [0.5, 0.6) is 0 Å². The van der Waals surface area contributed by atoms with Gasteiger partial charge in [-0.25, -0.2) is 4.79 Å². The summed E-state index contributed by atoms with van der Waals surface area (Å²) in [5.41, 5.74) is 0.860. The molecule has 230 valence electrons. The number of aromatic nitrogens is 1. The van der Waals surface area contributed by atoms with Gasteiger partial charge in [-0.05, 0) is 63.6 Å². The van der Waals surface area contributed by atoms with Crippen LogP contribution < -0.4 is 10.6 Å². The Labute approximate surface area is 247 Å². The molecule has 1 spiro atoms. The molecule has 43 heavy (non-hydrogen) atoms. The largest absolute Gasteiger partial charge is 0.513 e. The van der Waals surface area contributed by atoms with E-state index >= 15 is 0 Å². The van der Waals surface area contributed by atoms with Crippen LogP contribution in [0.3, 0.4) is 0 Å². The molecule has 1 fully saturated rings. The number of aryl methyl sites for hydroxylation is 2. The Balaban J connectivity index is 0.000000271. The molecule has 2 amide bonds. The van der Waals surface area contributed by atoms with Crippen LogP contribution in [0.2, 0.25) is 0 Å². The average molecular weight is 603 g/mol. The number of alkyl halides is 3. The molecule has 0 saturated heterocycles. The molecule has 2 N–H and O–H groups in total. The van der Waals surface area contributed by atoms with Gasteiger partial charge in [0, 0.05) is 19.5 Å². The first-order chi connectivity index (χ1) is 20.4. The highest BCUT2D eigenvalue weighted by atomic mass is 19.4. The van der Waals surface area contributed by atoms with Crippen LogP contribution in [0.1, 0.15) is 65.2 Å². The highest BCUT2D eigenvalue weighted by molar-refractivity contribution is 6.24. The van der Waals surface area contributed by atoms with Crippen LogP contribution in [0, 0.1) is 25.2 Å². The van der Waals surface area contributed by atoms with Crippen molar-refractivity contribution in [1.29, 1.82) is 5.26 Å². The minimum absolute atomic E-state index is 0.154. The molecule has 1 aliphatic heterocycles. The second-order valence-corrected chi connectivity index (χ2v) is 10.0. The van der Waals surface area contributed by atoms with Gasteiger partial charge in [0.05, 0.1) is 41.0 Å². The average Bonchev–Trinajstić information content (AvgIpc) is 3.22. The quantitative estimate of drug-likeness (QED) is 0.348. The first-order valence-electron chi connectivity index (χ1n) is 13.6. The fraction of sp³-hybridized carbons (Fsp3) is 0.433. The predicted molar refractivity (Wildman–Crippen MR) is 148 cm³/mol. The number of rotatable bonds is 6. The second kappa shape index (κ2) is 14.2. The van der Waals surface area contributed by atoms with E-state index in [1.165, 1.54) is 0 Å². The van der Waals surface area contributed by atoms with Crippen molar-refractivity contribution in [2.24, 2.45) is 0 Å². The number of nitrogens with one attached hydrogen (secondary N) is 2. The molecule has 0 unspecified atom stereocenters. The summed E-state index contributed by atoms with van der Waals surface area (Å²) < 4.78 is 53.5. The van der Waals surface area contributed by atoms with E-state index in [4.69, 9.17) is 19.5 Å². The van der Waals surface area contributed by atoms with E-state index in [2.05, 4.69) is 10.3 Å². The van der Waals surface area contributed by atoms with E-state index in [1.54, 1.807) is 20.1 Å². The molecule has 4 rings (SSSR count). The van der Waals surface area contributed by atoms with Gasteiger partial charge in [-0.2, -0.15) is 18.4 Å². The number of carbonyl (C=O) groups excluding carboxylic acids is 3. The van der Waals surface area contributed by atoms with E-state index in [-0.39, 0.29) is 25.2 Å². The van der Waals surface area contributed by atoms with Gasteiger partial charge in [-0.15, -0.1) is 0 Å². The van der Waals surface area contributed by atoms with Crippen molar-refractivity contribution in [3.63, 3.8) is 0 Å².